The zero-order valence-electron chi connectivity index (χ0n) is 10.6. The molecule has 2 nitrogen and oxygen atoms in total. The molecular formula is C14H19IO2. The van der Waals surface area contributed by atoms with Gasteiger partial charge in [0, 0.05) is 4.43 Å². The van der Waals surface area contributed by atoms with Crippen LogP contribution in [0.3, 0.4) is 0 Å². The summed E-state index contributed by atoms with van der Waals surface area (Å²) in [6, 6.07) is 8.06. The van der Waals surface area contributed by atoms with Crippen molar-refractivity contribution < 1.29 is 9.47 Å². The molecule has 0 saturated carbocycles. The van der Waals surface area contributed by atoms with Crippen LogP contribution >= 0.6 is 22.6 Å². The molecule has 3 heteroatoms. The molecule has 0 aromatic heterocycles. The van der Waals surface area contributed by atoms with Gasteiger partial charge in [0.25, 0.3) is 0 Å². The summed E-state index contributed by atoms with van der Waals surface area (Å²) < 4.78 is 11.9. The Labute approximate surface area is 117 Å². The van der Waals surface area contributed by atoms with E-state index in [-0.39, 0.29) is 6.10 Å². The normalized spacial score (nSPS) is 12.0. The third-order valence-electron chi connectivity index (χ3n) is 2.42. The smallest absolute Gasteiger partial charge is 0.118 e. The van der Waals surface area contributed by atoms with Gasteiger partial charge in [-0.3, -0.25) is 0 Å². The van der Waals surface area contributed by atoms with Crippen molar-refractivity contribution in [3.05, 3.63) is 41.5 Å². The Balaban J connectivity index is 2.62. The number of halogens is 1. The van der Waals surface area contributed by atoms with Crippen molar-refractivity contribution in [1.82, 2.24) is 0 Å². The molecule has 0 aliphatic carbocycles. The lowest BCUT2D eigenvalue weighted by Crippen LogP contribution is -2.06. The molecule has 0 N–H and O–H groups in total. The van der Waals surface area contributed by atoms with Gasteiger partial charge in [0.2, 0.25) is 0 Å². The molecule has 17 heavy (non-hydrogen) atoms. The van der Waals surface area contributed by atoms with Crippen LogP contribution < -0.4 is 4.74 Å². The van der Waals surface area contributed by atoms with Crippen LogP contribution in [0.5, 0.6) is 5.75 Å². The van der Waals surface area contributed by atoms with Crippen LogP contribution in [0.25, 0.3) is 0 Å². The summed E-state index contributed by atoms with van der Waals surface area (Å²) >= 11 is 2.35. The van der Waals surface area contributed by atoms with Crippen molar-refractivity contribution in [3.8, 4) is 5.75 Å². The Morgan fingerprint density at radius 1 is 1.29 bits per heavy atom. The molecule has 1 aromatic rings. The zero-order chi connectivity index (χ0) is 12.7. The SMILES string of the molecule is COc1ccc(C(CI)OCC=C(C)C)cc1. The predicted octanol–water partition coefficient (Wildman–Crippen LogP) is 4.15. The van der Waals surface area contributed by atoms with Crippen molar-refractivity contribution in [2.45, 2.75) is 20.0 Å². The average molecular weight is 346 g/mol. The molecule has 0 amide bonds. The van der Waals surface area contributed by atoms with Gasteiger partial charge in [-0.2, -0.15) is 0 Å². The van der Waals surface area contributed by atoms with E-state index in [2.05, 4.69) is 54.6 Å². The van der Waals surface area contributed by atoms with E-state index in [1.54, 1.807) is 7.11 Å². The lowest BCUT2D eigenvalue weighted by molar-refractivity contribution is 0.0940. The van der Waals surface area contributed by atoms with Crippen LogP contribution in [0, 0.1) is 0 Å². The fourth-order valence-electron chi connectivity index (χ4n) is 1.38. The second kappa shape index (κ2) is 7.71. The Bertz CT molecular complexity index is 353. The summed E-state index contributed by atoms with van der Waals surface area (Å²) in [6.45, 7) is 4.83. The second-order valence-electron chi connectivity index (χ2n) is 4.03. The predicted molar refractivity (Wildman–Crippen MR) is 80.0 cm³/mol. The van der Waals surface area contributed by atoms with Gasteiger partial charge < -0.3 is 9.47 Å². The summed E-state index contributed by atoms with van der Waals surface area (Å²) in [6.07, 6.45) is 2.25. The highest BCUT2D eigenvalue weighted by atomic mass is 127. The van der Waals surface area contributed by atoms with Gasteiger partial charge in [-0.15, -0.1) is 0 Å². The second-order valence-corrected chi connectivity index (χ2v) is 4.91. The minimum Gasteiger partial charge on any atom is -0.497 e. The van der Waals surface area contributed by atoms with Crippen molar-refractivity contribution in [3.63, 3.8) is 0 Å². The number of hydrogen-bond donors (Lipinski definition) is 0. The van der Waals surface area contributed by atoms with Gasteiger partial charge in [0.05, 0.1) is 19.8 Å². The van der Waals surface area contributed by atoms with Gasteiger partial charge in [-0.05, 0) is 31.5 Å². The first-order valence-corrected chi connectivity index (χ1v) is 7.14. The quantitative estimate of drug-likeness (QED) is 0.438. The first-order valence-electron chi connectivity index (χ1n) is 5.62. The number of alkyl halides is 1. The van der Waals surface area contributed by atoms with E-state index in [9.17, 15) is 0 Å². The summed E-state index contributed by atoms with van der Waals surface area (Å²) in [5, 5.41) is 0. The average Bonchev–Trinajstić information content (AvgIpc) is 2.34. The maximum absolute atomic E-state index is 5.84. The molecule has 1 unspecified atom stereocenters. The van der Waals surface area contributed by atoms with Crippen molar-refractivity contribution in [2.24, 2.45) is 0 Å². The summed E-state index contributed by atoms with van der Waals surface area (Å²) in [4.78, 5) is 0. The minimum atomic E-state index is 0.150. The van der Waals surface area contributed by atoms with Crippen LogP contribution in [0.4, 0.5) is 0 Å². The molecule has 0 bridgehead atoms. The van der Waals surface area contributed by atoms with E-state index in [1.165, 1.54) is 11.1 Å². The van der Waals surface area contributed by atoms with Crippen molar-refractivity contribution in [1.29, 1.82) is 0 Å². The Kier molecular flexibility index (Phi) is 6.58. The first kappa shape index (κ1) is 14.5. The Hall–Kier alpha value is -0.550. The molecule has 0 aliphatic heterocycles. The van der Waals surface area contributed by atoms with E-state index in [4.69, 9.17) is 9.47 Å². The Morgan fingerprint density at radius 2 is 1.94 bits per heavy atom. The monoisotopic (exact) mass is 346 g/mol. The largest absolute Gasteiger partial charge is 0.497 e. The lowest BCUT2D eigenvalue weighted by Gasteiger charge is -2.15. The van der Waals surface area contributed by atoms with Gasteiger partial charge in [0.1, 0.15) is 5.75 Å². The number of benzene rings is 1. The van der Waals surface area contributed by atoms with Crippen LogP contribution in [-0.4, -0.2) is 18.1 Å². The third-order valence-corrected chi connectivity index (χ3v) is 3.22. The fourth-order valence-corrected chi connectivity index (χ4v) is 2.14. The molecule has 1 atom stereocenters. The van der Waals surface area contributed by atoms with Gasteiger partial charge in [-0.1, -0.05) is 46.4 Å². The van der Waals surface area contributed by atoms with Crippen molar-refractivity contribution in [2.75, 3.05) is 18.1 Å². The third kappa shape index (κ3) is 5.08. The highest BCUT2D eigenvalue weighted by molar-refractivity contribution is 14.1. The van der Waals surface area contributed by atoms with Crippen LogP contribution in [-0.2, 0) is 4.74 Å². The number of methoxy groups -OCH3 is 1. The fraction of sp³-hybridized carbons (Fsp3) is 0.429. The first-order chi connectivity index (χ1) is 8.17. The number of hydrogen-bond acceptors (Lipinski definition) is 2. The molecule has 0 radical (unpaired) electrons. The molecule has 1 rings (SSSR count). The highest BCUT2D eigenvalue weighted by Crippen LogP contribution is 2.22. The molecule has 1 aromatic carbocycles. The lowest BCUT2D eigenvalue weighted by atomic mass is 10.1. The number of ether oxygens (including phenoxy) is 2. The highest BCUT2D eigenvalue weighted by Gasteiger charge is 2.09. The maximum atomic E-state index is 5.84. The number of allylic oxidation sites excluding steroid dienone is 1. The van der Waals surface area contributed by atoms with E-state index >= 15 is 0 Å². The van der Waals surface area contributed by atoms with Gasteiger partial charge in [-0.25, -0.2) is 0 Å². The van der Waals surface area contributed by atoms with Crippen LogP contribution in [0.2, 0.25) is 0 Å². The van der Waals surface area contributed by atoms with E-state index in [0.717, 1.165) is 10.2 Å². The van der Waals surface area contributed by atoms with Crippen LogP contribution in [0.1, 0.15) is 25.5 Å². The minimum absolute atomic E-state index is 0.150. The van der Waals surface area contributed by atoms with E-state index in [1.807, 2.05) is 12.1 Å². The molecule has 0 fully saturated rings. The molecule has 94 valence electrons. The van der Waals surface area contributed by atoms with Crippen LogP contribution in [0.15, 0.2) is 35.9 Å². The zero-order valence-corrected chi connectivity index (χ0v) is 12.7. The molecular weight excluding hydrogens is 327 g/mol. The van der Waals surface area contributed by atoms with Crippen molar-refractivity contribution >= 4 is 22.6 Å². The molecule has 0 aliphatic rings. The molecule has 0 heterocycles. The maximum Gasteiger partial charge on any atom is 0.118 e. The Morgan fingerprint density at radius 3 is 2.41 bits per heavy atom. The summed E-state index contributed by atoms with van der Waals surface area (Å²) in [5.74, 6) is 0.880. The summed E-state index contributed by atoms with van der Waals surface area (Å²) in [7, 11) is 1.68. The topological polar surface area (TPSA) is 18.5 Å². The number of rotatable bonds is 6. The molecule has 0 saturated heterocycles. The standard InChI is InChI=1S/C14H19IO2/c1-11(2)8-9-17-14(10-15)12-4-6-13(16-3)7-5-12/h4-8,14H,9-10H2,1-3H3. The van der Waals surface area contributed by atoms with Gasteiger partial charge >= 0.3 is 0 Å². The summed E-state index contributed by atoms with van der Waals surface area (Å²) in [5.41, 5.74) is 2.48. The van der Waals surface area contributed by atoms with E-state index in [0.29, 0.717) is 6.61 Å². The molecule has 0 spiro atoms. The van der Waals surface area contributed by atoms with Gasteiger partial charge in [0.15, 0.2) is 0 Å². The van der Waals surface area contributed by atoms with E-state index < -0.39 is 0 Å².